The van der Waals surface area contributed by atoms with Gasteiger partial charge in [0, 0.05) is 45.2 Å². The molecule has 3 heterocycles. The minimum atomic E-state index is -4.41. The molecule has 0 aliphatic carbocycles. The number of aryl methyl sites for hydroxylation is 3. The van der Waals surface area contributed by atoms with Gasteiger partial charge in [-0.15, -0.1) is 0 Å². The van der Waals surface area contributed by atoms with Gasteiger partial charge in [0.05, 0.1) is 17.0 Å². The number of piperazine rings is 1. The van der Waals surface area contributed by atoms with Crippen LogP contribution in [-0.2, 0) is 7.05 Å². The Kier molecular flexibility index (Phi) is 5.38. The smallest absolute Gasteiger partial charge is 0.350 e. The molecular weight excluding hydrogens is 361 g/mol. The number of carbonyl (C=O) groups excluding carboxylic acids is 1. The van der Waals surface area contributed by atoms with Gasteiger partial charge < -0.3 is 10.6 Å². The van der Waals surface area contributed by atoms with Crippen LogP contribution in [-0.4, -0.2) is 70.5 Å². The van der Waals surface area contributed by atoms with E-state index in [0.717, 1.165) is 0 Å². The second-order valence-corrected chi connectivity index (χ2v) is 6.75. The molecule has 1 amide bonds. The average molecular weight is 384 g/mol. The fraction of sp³-hybridized carbons (Fsp3) is 0.588. The molecule has 2 N–H and O–H groups in total. The first kappa shape index (κ1) is 19.6. The van der Waals surface area contributed by atoms with Gasteiger partial charge in [-0.05, 0) is 19.9 Å². The molecule has 1 saturated heterocycles. The summed E-state index contributed by atoms with van der Waals surface area (Å²) in [6, 6.07) is -0.0661. The van der Waals surface area contributed by atoms with Gasteiger partial charge in [-0.3, -0.25) is 14.4 Å². The summed E-state index contributed by atoms with van der Waals surface area (Å²) >= 11 is 0. The van der Waals surface area contributed by atoms with Crippen molar-refractivity contribution in [3.8, 4) is 0 Å². The van der Waals surface area contributed by atoms with E-state index in [1.807, 2.05) is 0 Å². The van der Waals surface area contributed by atoms with Crippen LogP contribution in [0.5, 0.6) is 0 Å². The third-order valence-electron chi connectivity index (χ3n) is 4.86. The molecule has 0 saturated carbocycles. The minimum absolute atomic E-state index is 0.264. The number of nitrogens with one attached hydrogen (secondary N) is 2. The summed E-state index contributed by atoms with van der Waals surface area (Å²) in [4.78, 5) is 18.3. The van der Waals surface area contributed by atoms with E-state index < -0.39 is 24.7 Å². The third-order valence-corrected chi connectivity index (χ3v) is 4.86. The molecule has 0 spiro atoms. The van der Waals surface area contributed by atoms with E-state index in [0.29, 0.717) is 48.6 Å². The van der Waals surface area contributed by atoms with Gasteiger partial charge >= 0.3 is 6.18 Å². The lowest BCUT2D eigenvalue weighted by molar-refractivity contribution is -0.183. The van der Waals surface area contributed by atoms with Crippen molar-refractivity contribution in [3.63, 3.8) is 0 Å². The fourth-order valence-corrected chi connectivity index (χ4v) is 3.39. The summed E-state index contributed by atoms with van der Waals surface area (Å²) in [5.74, 6) is -0.561. The molecule has 148 valence electrons. The largest absolute Gasteiger partial charge is 0.405 e. The number of aromatic nitrogens is 3. The summed E-state index contributed by atoms with van der Waals surface area (Å²) in [6.07, 6.45) is -4.41. The molecular formula is C17H23F3N6O. The number of hydrogen-bond acceptors (Lipinski definition) is 5. The van der Waals surface area contributed by atoms with Crippen molar-refractivity contribution >= 4 is 16.9 Å². The predicted octanol–water partition coefficient (Wildman–Crippen LogP) is 1.15. The van der Waals surface area contributed by atoms with Crippen LogP contribution in [0.1, 0.15) is 21.7 Å². The van der Waals surface area contributed by atoms with Crippen molar-refractivity contribution in [2.45, 2.75) is 26.1 Å². The Labute approximate surface area is 154 Å². The Balaban J connectivity index is 1.78. The first-order valence-corrected chi connectivity index (χ1v) is 8.79. The van der Waals surface area contributed by atoms with Crippen LogP contribution in [0.4, 0.5) is 13.2 Å². The molecule has 2 aromatic rings. The maximum Gasteiger partial charge on any atom is 0.405 e. The van der Waals surface area contributed by atoms with Crippen LogP contribution in [0, 0.1) is 13.8 Å². The lowest BCUT2D eigenvalue weighted by Crippen LogP contribution is -2.57. The quantitative estimate of drug-likeness (QED) is 0.827. The number of fused-ring (bicyclic) bond motifs is 1. The molecule has 7 nitrogen and oxygen atoms in total. The first-order chi connectivity index (χ1) is 12.7. The van der Waals surface area contributed by atoms with Crippen molar-refractivity contribution in [3.05, 3.63) is 23.0 Å². The van der Waals surface area contributed by atoms with Crippen molar-refractivity contribution in [1.29, 1.82) is 0 Å². The lowest BCUT2D eigenvalue weighted by atomic mass is 10.1. The molecule has 27 heavy (non-hydrogen) atoms. The summed E-state index contributed by atoms with van der Waals surface area (Å²) in [6.45, 7) is 4.55. The minimum Gasteiger partial charge on any atom is -0.350 e. The van der Waals surface area contributed by atoms with Crippen molar-refractivity contribution < 1.29 is 18.0 Å². The van der Waals surface area contributed by atoms with E-state index >= 15 is 0 Å². The SMILES string of the molecule is Cc1nc2c(cc1C(=O)NCC(N1CCNCC1)C(F)(F)F)c(C)nn2C. The zero-order valence-corrected chi connectivity index (χ0v) is 15.5. The Hall–Kier alpha value is -2.20. The van der Waals surface area contributed by atoms with Crippen molar-refractivity contribution in [2.75, 3.05) is 32.7 Å². The second kappa shape index (κ2) is 7.43. The van der Waals surface area contributed by atoms with Gasteiger partial charge in [-0.1, -0.05) is 0 Å². The number of nitrogens with zero attached hydrogens (tertiary/aromatic N) is 4. The van der Waals surface area contributed by atoms with Crippen molar-refractivity contribution in [1.82, 2.24) is 30.3 Å². The summed E-state index contributed by atoms with van der Waals surface area (Å²) < 4.78 is 42.0. The summed E-state index contributed by atoms with van der Waals surface area (Å²) in [7, 11) is 1.75. The molecule has 1 aliphatic rings. The van der Waals surface area contributed by atoms with Crippen LogP contribution >= 0.6 is 0 Å². The number of hydrogen-bond donors (Lipinski definition) is 2. The standard InChI is InChI=1S/C17H23F3N6O/c1-10-13(8-12-11(2)24-25(3)15(12)23-10)16(27)22-9-14(17(18,19)20)26-6-4-21-5-7-26/h8,14,21H,4-7,9H2,1-3H3,(H,22,27). The molecule has 1 fully saturated rings. The van der Waals surface area contributed by atoms with Gasteiger partial charge in [0.15, 0.2) is 5.65 Å². The molecule has 10 heteroatoms. The normalized spacial score (nSPS) is 17.3. The highest BCUT2D eigenvalue weighted by atomic mass is 19.4. The first-order valence-electron chi connectivity index (χ1n) is 8.79. The van der Waals surface area contributed by atoms with E-state index in [1.165, 1.54) is 4.90 Å². The maximum absolute atomic E-state index is 13.5. The lowest BCUT2D eigenvalue weighted by Gasteiger charge is -2.35. The zero-order chi connectivity index (χ0) is 19.8. The Morgan fingerprint density at radius 2 is 1.96 bits per heavy atom. The molecule has 1 aliphatic heterocycles. The Bertz CT molecular complexity index is 841. The average Bonchev–Trinajstić information content (AvgIpc) is 2.87. The van der Waals surface area contributed by atoms with Crippen LogP contribution in [0.15, 0.2) is 6.07 Å². The Morgan fingerprint density at radius 1 is 1.30 bits per heavy atom. The van der Waals surface area contributed by atoms with Gasteiger partial charge in [0.25, 0.3) is 5.91 Å². The number of amides is 1. The van der Waals surface area contributed by atoms with Gasteiger partial charge in [-0.2, -0.15) is 18.3 Å². The number of pyridine rings is 1. The number of rotatable bonds is 4. The van der Waals surface area contributed by atoms with E-state index in [2.05, 4.69) is 20.7 Å². The number of alkyl halides is 3. The van der Waals surface area contributed by atoms with Crippen molar-refractivity contribution in [2.24, 2.45) is 7.05 Å². The van der Waals surface area contributed by atoms with Crippen LogP contribution in [0.3, 0.4) is 0 Å². The number of halogens is 3. The summed E-state index contributed by atoms with van der Waals surface area (Å²) in [5.41, 5.74) is 2.06. The van der Waals surface area contributed by atoms with E-state index in [1.54, 1.807) is 31.6 Å². The second-order valence-electron chi connectivity index (χ2n) is 6.75. The highest BCUT2D eigenvalue weighted by Gasteiger charge is 2.43. The molecule has 1 unspecified atom stereocenters. The van der Waals surface area contributed by atoms with Gasteiger partial charge in [0.1, 0.15) is 6.04 Å². The maximum atomic E-state index is 13.5. The zero-order valence-electron chi connectivity index (χ0n) is 15.5. The molecule has 2 aromatic heterocycles. The van der Waals surface area contributed by atoms with E-state index in [9.17, 15) is 18.0 Å². The fourth-order valence-electron chi connectivity index (χ4n) is 3.39. The topological polar surface area (TPSA) is 75.1 Å². The summed E-state index contributed by atoms with van der Waals surface area (Å²) in [5, 5.41) is 10.4. The monoisotopic (exact) mass is 384 g/mol. The van der Waals surface area contributed by atoms with Crippen LogP contribution in [0.25, 0.3) is 11.0 Å². The Morgan fingerprint density at radius 3 is 2.59 bits per heavy atom. The van der Waals surface area contributed by atoms with E-state index in [-0.39, 0.29) is 5.56 Å². The number of carbonyl (C=O) groups is 1. The molecule has 0 aromatic carbocycles. The van der Waals surface area contributed by atoms with Crippen LogP contribution < -0.4 is 10.6 Å². The molecule has 0 bridgehead atoms. The van der Waals surface area contributed by atoms with E-state index in [4.69, 9.17) is 0 Å². The third kappa shape index (κ3) is 4.06. The van der Waals surface area contributed by atoms with Gasteiger partial charge in [0.2, 0.25) is 0 Å². The van der Waals surface area contributed by atoms with Crippen LogP contribution in [0.2, 0.25) is 0 Å². The highest BCUT2D eigenvalue weighted by Crippen LogP contribution is 2.25. The predicted molar refractivity (Wildman–Crippen MR) is 94.6 cm³/mol. The molecule has 3 rings (SSSR count). The van der Waals surface area contributed by atoms with Gasteiger partial charge in [-0.25, -0.2) is 4.98 Å². The highest BCUT2D eigenvalue weighted by molar-refractivity contribution is 5.98. The molecule has 0 radical (unpaired) electrons. The molecule has 1 atom stereocenters.